The zero-order chi connectivity index (χ0) is 20.9. The van der Waals surface area contributed by atoms with E-state index in [2.05, 4.69) is 10.6 Å². The summed E-state index contributed by atoms with van der Waals surface area (Å²) in [5, 5.41) is 5.28. The number of carbonyl (C=O) groups excluding carboxylic acids is 2. The summed E-state index contributed by atoms with van der Waals surface area (Å²) in [6, 6.07) is 9.81. The molecule has 0 bridgehead atoms. The summed E-state index contributed by atoms with van der Waals surface area (Å²) in [6.45, 7) is 3.47. The molecule has 150 valence electrons. The van der Waals surface area contributed by atoms with Gasteiger partial charge in [-0.15, -0.1) is 0 Å². The van der Waals surface area contributed by atoms with E-state index in [-0.39, 0.29) is 11.6 Å². The second-order valence-corrected chi connectivity index (χ2v) is 8.09. The van der Waals surface area contributed by atoms with Gasteiger partial charge in [0.2, 0.25) is 15.9 Å². The molecule has 7 nitrogen and oxygen atoms in total. The summed E-state index contributed by atoms with van der Waals surface area (Å²) in [5.41, 5.74) is 1.51. The molecule has 0 unspecified atom stereocenters. The number of halogens is 1. The standard InChI is InChI=1S/C19H22FN3O4S/c1-4-21-19(25)14-9-8-13(2)17(10-14)22-18(24)12-23(28(3,26)27)16-7-5-6-15(20)11-16/h5-11H,4,12H2,1-3H3,(H,21,25)(H,22,24). The van der Waals surface area contributed by atoms with Crippen molar-refractivity contribution >= 4 is 33.2 Å². The molecule has 0 aliphatic heterocycles. The maximum Gasteiger partial charge on any atom is 0.251 e. The van der Waals surface area contributed by atoms with Crippen molar-refractivity contribution in [1.82, 2.24) is 5.32 Å². The Balaban J connectivity index is 2.24. The maximum absolute atomic E-state index is 13.5. The number of nitrogens with zero attached hydrogens (tertiary/aromatic N) is 1. The first-order chi connectivity index (χ1) is 13.1. The van der Waals surface area contributed by atoms with Crippen LogP contribution in [0.5, 0.6) is 0 Å². The van der Waals surface area contributed by atoms with Gasteiger partial charge in [-0.2, -0.15) is 0 Å². The molecule has 0 atom stereocenters. The average Bonchev–Trinajstić information content (AvgIpc) is 2.60. The van der Waals surface area contributed by atoms with E-state index in [1.54, 1.807) is 26.0 Å². The van der Waals surface area contributed by atoms with Crippen LogP contribution in [0.25, 0.3) is 0 Å². The quantitative estimate of drug-likeness (QED) is 0.736. The second-order valence-electron chi connectivity index (χ2n) is 6.19. The van der Waals surface area contributed by atoms with Crippen molar-refractivity contribution in [3.8, 4) is 0 Å². The lowest BCUT2D eigenvalue weighted by molar-refractivity contribution is -0.114. The van der Waals surface area contributed by atoms with Crippen LogP contribution in [0.2, 0.25) is 0 Å². The number of rotatable bonds is 7. The number of anilines is 2. The first-order valence-electron chi connectivity index (χ1n) is 8.53. The van der Waals surface area contributed by atoms with Crippen molar-refractivity contribution in [1.29, 1.82) is 0 Å². The molecular weight excluding hydrogens is 385 g/mol. The zero-order valence-electron chi connectivity index (χ0n) is 15.8. The van der Waals surface area contributed by atoms with E-state index in [1.807, 2.05) is 0 Å². The third-order valence-corrected chi connectivity index (χ3v) is 5.04. The molecule has 2 amide bonds. The fourth-order valence-electron chi connectivity index (χ4n) is 2.51. The van der Waals surface area contributed by atoms with Crippen molar-refractivity contribution < 1.29 is 22.4 Å². The minimum Gasteiger partial charge on any atom is -0.352 e. The van der Waals surface area contributed by atoms with Crippen molar-refractivity contribution in [3.05, 3.63) is 59.4 Å². The number of nitrogens with one attached hydrogen (secondary N) is 2. The maximum atomic E-state index is 13.5. The minimum atomic E-state index is -3.82. The Bertz CT molecular complexity index is 992. The molecule has 0 aliphatic rings. The van der Waals surface area contributed by atoms with Crippen LogP contribution >= 0.6 is 0 Å². The number of benzene rings is 2. The number of aryl methyl sites for hydroxylation is 1. The molecule has 28 heavy (non-hydrogen) atoms. The topological polar surface area (TPSA) is 95.6 Å². The summed E-state index contributed by atoms with van der Waals surface area (Å²) < 4.78 is 38.5. The normalized spacial score (nSPS) is 11.0. The predicted octanol–water partition coefficient (Wildman–Crippen LogP) is 2.29. The molecule has 0 aliphatic carbocycles. The van der Waals surface area contributed by atoms with Crippen LogP contribution in [0.1, 0.15) is 22.8 Å². The number of hydrogen-bond donors (Lipinski definition) is 2. The number of hydrogen-bond acceptors (Lipinski definition) is 4. The van der Waals surface area contributed by atoms with E-state index >= 15 is 0 Å². The third-order valence-electron chi connectivity index (χ3n) is 3.89. The Kier molecular flexibility index (Phi) is 6.74. The molecule has 9 heteroatoms. The SMILES string of the molecule is CCNC(=O)c1ccc(C)c(NC(=O)CN(c2cccc(F)c2)S(C)(=O)=O)c1. The fraction of sp³-hybridized carbons (Fsp3) is 0.263. The van der Waals surface area contributed by atoms with Gasteiger partial charge >= 0.3 is 0 Å². The first kappa shape index (κ1) is 21.4. The largest absolute Gasteiger partial charge is 0.352 e. The van der Waals surface area contributed by atoms with E-state index < -0.39 is 28.3 Å². The number of amides is 2. The van der Waals surface area contributed by atoms with Crippen LogP contribution in [-0.4, -0.2) is 39.6 Å². The lowest BCUT2D eigenvalue weighted by atomic mass is 10.1. The van der Waals surface area contributed by atoms with E-state index in [0.29, 0.717) is 23.4 Å². The van der Waals surface area contributed by atoms with Crippen LogP contribution in [0, 0.1) is 12.7 Å². The van der Waals surface area contributed by atoms with Crippen molar-refractivity contribution in [2.45, 2.75) is 13.8 Å². The lowest BCUT2D eigenvalue weighted by Gasteiger charge is -2.22. The highest BCUT2D eigenvalue weighted by molar-refractivity contribution is 7.92. The summed E-state index contributed by atoms with van der Waals surface area (Å²) in [4.78, 5) is 24.4. The molecule has 0 saturated heterocycles. The van der Waals surface area contributed by atoms with Crippen LogP contribution in [0.3, 0.4) is 0 Å². The van der Waals surface area contributed by atoms with Crippen LogP contribution in [-0.2, 0) is 14.8 Å². The van der Waals surface area contributed by atoms with Crippen molar-refractivity contribution in [3.63, 3.8) is 0 Å². The van der Waals surface area contributed by atoms with E-state index in [9.17, 15) is 22.4 Å². The van der Waals surface area contributed by atoms with E-state index in [0.717, 1.165) is 16.6 Å². The average molecular weight is 407 g/mol. The van der Waals surface area contributed by atoms with Gasteiger partial charge in [0.25, 0.3) is 5.91 Å². The van der Waals surface area contributed by atoms with Gasteiger partial charge in [-0.1, -0.05) is 12.1 Å². The Hall–Kier alpha value is -2.94. The molecular formula is C19H22FN3O4S. The molecule has 2 N–H and O–H groups in total. The molecule has 2 rings (SSSR count). The Morgan fingerprint density at radius 2 is 1.86 bits per heavy atom. The van der Waals surface area contributed by atoms with E-state index in [4.69, 9.17) is 0 Å². The lowest BCUT2D eigenvalue weighted by Crippen LogP contribution is -2.37. The van der Waals surface area contributed by atoms with Gasteiger partial charge in [0.15, 0.2) is 0 Å². The predicted molar refractivity (Wildman–Crippen MR) is 106 cm³/mol. The Morgan fingerprint density at radius 3 is 2.46 bits per heavy atom. The molecule has 2 aromatic carbocycles. The molecule has 0 radical (unpaired) electrons. The van der Waals surface area contributed by atoms with Crippen LogP contribution < -0.4 is 14.9 Å². The van der Waals surface area contributed by atoms with Gasteiger partial charge in [0.05, 0.1) is 11.9 Å². The Labute approximate surface area is 163 Å². The summed E-state index contributed by atoms with van der Waals surface area (Å²) in [5.74, 6) is -1.52. The molecule has 0 heterocycles. The highest BCUT2D eigenvalue weighted by atomic mass is 32.2. The molecule has 0 aromatic heterocycles. The summed E-state index contributed by atoms with van der Waals surface area (Å²) in [7, 11) is -3.82. The number of carbonyl (C=O) groups is 2. The Morgan fingerprint density at radius 1 is 1.14 bits per heavy atom. The number of sulfonamides is 1. The highest BCUT2D eigenvalue weighted by Crippen LogP contribution is 2.20. The van der Waals surface area contributed by atoms with Crippen LogP contribution in [0.4, 0.5) is 15.8 Å². The molecule has 0 fully saturated rings. The summed E-state index contributed by atoms with van der Waals surface area (Å²) in [6.07, 6.45) is 0.937. The van der Waals surface area contributed by atoms with Gasteiger partial charge in [-0.25, -0.2) is 12.8 Å². The second kappa shape index (κ2) is 8.83. The third kappa shape index (κ3) is 5.53. The minimum absolute atomic E-state index is 0.0467. The van der Waals surface area contributed by atoms with Gasteiger partial charge in [-0.3, -0.25) is 13.9 Å². The smallest absolute Gasteiger partial charge is 0.251 e. The molecule has 0 saturated carbocycles. The van der Waals surface area contributed by atoms with Gasteiger partial charge in [0.1, 0.15) is 12.4 Å². The fourth-order valence-corrected chi connectivity index (χ4v) is 3.36. The molecule has 0 spiro atoms. The van der Waals surface area contributed by atoms with Crippen molar-refractivity contribution in [2.24, 2.45) is 0 Å². The van der Waals surface area contributed by atoms with Crippen molar-refractivity contribution in [2.75, 3.05) is 29.0 Å². The molecule has 2 aromatic rings. The van der Waals surface area contributed by atoms with Gasteiger partial charge < -0.3 is 10.6 Å². The van der Waals surface area contributed by atoms with Gasteiger partial charge in [-0.05, 0) is 49.7 Å². The zero-order valence-corrected chi connectivity index (χ0v) is 16.6. The monoisotopic (exact) mass is 407 g/mol. The first-order valence-corrected chi connectivity index (χ1v) is 10.4. The highest BCUT2D eigenvalue weighted by Gasteiger charge is 2.22. The van der Waals surface area contributed by atoms with E-state index in [1.165, 1.54) is 24.3 Å². The summed E-state index contributed by atoms with van der Waals surface area (Å²) >= 11 is 0. The van der Waals surface area contributed by atoms with Gasteiger partial charge in [0, 0.05) is 17.8 Å². The van der Waals surface area contributed by atoms with Crippen LogP contribution in [0.15, 0.2) is 42.5 Å².